The molecule has 0 bridgehead atoms. The van der Waals surface area contributed by atoms with E-state index < -0.39 is 49.4 Å². The second-order valence-corrected chi connectivity index (χ2v) is 14.1. The molecule has 0 spiro atoms. The summed E-state index contributed by atoms with van der Waals surface area (Å²) in [6, 6.07) is 0. The summed E-state index contributed by atoms with van der Waals surface area (Å²) in [7, 11) is 0. The first-order chi connectivity index (χ1) is 23.8. The second-order valence-electron chi connectivity index (χ2n) is 14.1. The molecule has 0 aromatic rings. The number of rotatable bonds is 33. The summed E-state index contributed by atoms with van der Waals surface area (Å²) in [5.41, 5.74) is 0. The van der Waals surface area contributed by atoms with Crippen molar-refractivity contribution in [1.82, 2.24) is 0 Å². The third kappa shape index (κ3) is 23.7. The molecule has 1 saturated heterocycles. The van der Waals surface area contributed by atoms with E-state index in [0.717, 1.165) is 38.5 Å². The number of carbonyl (C=O) groups excluding carboxylic acids is 2. The molecule has 1 rings (SSSR count). The van der Waals surface area contributed by atoms with Crippen LogP contribution in [0.4, 0.5) is 0 Å². The zero-order chi connectivity index (χ0) is 36.0. The van der Waals surface area contributed by atoms with Gasteiger partial charge in [0.1, 0.15) is 31.0 Å². The van der Waals surface area contributed by atoms with Crippen molar-refractivity contribution in [2.45, 2.75) is 218 Å². The minimum absolute atomic E-state index is 0.210. The predicted molar refractivity (Wildman–Crippen MR) is 192 cm³/mol. The van der Waals surface area contributed by atoms with E-state index in [1.54, 1.807) is 0 Å². The van der Waals surface area contributed by atoms with Crippen LogP contribution in [0.2, 0.25) is 0 Å². The summed E-state index contributed by atoms with van der Waals surface area (Å²) in [4.78, 5) is 25.2. The summed E-state index contributed by atoms with van der Waals surface area (Å²) in [6.45, 7) is 3.41. The average Bonchev–Trinajstić information content (AvgIpc) is 3.10. The SMILES string of the molecule is CCCCCCCCCCCCCCCC(=O)O[C@H](COC(=O)CCCCCCCCCCCCC)CO[C@@H]1O[C@@H](CO)[C@H](O)[C@H](O)[C@@H]1O. The van der Waals surface area contributed by atoms with Crippen LogP contribution in [0.3, 0.4) is 0 Å². The van der Waals surface area contributed by atoms with E-state index in [-0.39, 0.29) is 32.0 Å². The van der Waals surface area contributed by atoms with E-state index in [9.17, 15) is 30.0 Å². The molecule has 0 aromatic carbocycles. The Morgan fingerprint density at radius 1 is 0.551 bits per heavy atom. The Balaban J connectivity index is 2.38. The molecule has 0 unspecified atom stereocenters. The maximum atomic E-state index is 12.7. The van der Waals surface area contributed by atoms with Gasteiger partial charge in [-0.05, 0) is 12.8 Å². The molecule has 290 valence electrons. The molecule has 1 heterocycles. The van der Waals surface area contributed by atoms with Crippen LogP contribution in [0.1, 0.15) is 181 Å². The van der Waals surface area contributed by atoms with Gasteiger partial charge in [0.15, 0.2) is 12.4 Å². The Labute approximate surface area is 298 Å². The number of carbonyl (C=O) groups is 2. The Kier molecular flexibility index (Phi) is 29.3. The largest absolute Gasteiger partial charge is 0.462 e. The first-order valence-corrected chi connectivity index (χ1v) is 20.1. The summed E-state index contributed by atoms with van der Waals surface area (Å²) in [5, 5.41) is 39.9. The van der Waals surface area contributed by atoms with Crippen molar-refractivity contribution >= 4 is 11.9 Å². The zero-order valence-electron chi connectivity index (χ0n) is 31.2. The Bertz CT molecular complexity index is 779. The lowest BCUT2D eigenvalue weighted by Gasteiger charge is -2.39. The number of hydrogen-bond acceptors (Lipinski definition) is 10. The predicted octanol–water partition coefficient (Wildman–Crippen LogP) is 7.44. The van der Waals surface area contributed by atoms with Crippen molar-refractivity contribution < 1.29 is 49.0 Å². The van der Waals surface area contributed by atoms with Gasteiger partial charge < -0.3 is 39.4 Å². The lowest BCUT2D eigenvalue weighted by Crippen LogP contribution is -2.59. The molecule has 1 aliphatic heterocycles. The zero-order valence-corrected chi connectivity index (χ0v) is 31.2. The third-order valence-corrected chi connectivity index (χ3v) is 9.49. The highest BCUT2D eigenvalue weighted by Crippen LogP contribution is 2.22. The molecule has 4 N–H and O–H groups in total. The fraction of sp³-hybridized carbons (Fsp3) is 0.949. The van der Waals surface area contributed by atoms with Crippen LogP contribution < -0.4 is 0 Å². The van der Waals surface area contributed by atoms with Gasteiger partial charge in [0, 0.05) is 12.8 Å². The lowest BCUT2D eigenvalue weighted by molar-refractivity contribution is -0.305. The molecule has 0 amide bonds. The van der Waals surface area contributed by atoms with Crippen LogP contribution in [-0.4, -0.2) is 89.0 Å². The maximum Gasteiger partial charge on any atom is 0.306 e. The molecule has 6 atom stereocenters. The standard InChI is InChI=1S/C39H74O10/c1-3-5-7-9-11-13-15-16-18-20-22-24-26-28-35(42)48-32(31-47-39-38(45)37(44)36(43)33(29-40)49-39)30-46-34(41)27-25-23-21-19-17-14-12-10-8-6-4-2/h32-33,36-40,43-45H,3-31H2,1-2H3/t32-,33+,36+,37+,38+,39-/m1/s1. The molecule has 0 radical (unpaired) electrons. The van der Waals surface area contributed by atoms with Crippen molar-refractivity contribution in [1.29, 1.82) is 0 Å². The van der Waals surface area contributed by atoms with Gasteiger partial charge in [-0.25, -0.2) is 0 Å². The van der Waals surface area contributed by atoms with Gasteiger partial charge in [-0.15, -0.1) is 0 Å². The van der Waals surface area contributed by atoms with E-state index in [4.69, 9.17) is 18.9 Å². The molecule has 0 aliphatic carbocycles. The summed E-state index contributed by atoms with van der Waals surface area (Å²) in [5.74, 6) is -0.798. The second kappa shape index (κ2) is 31.4. The first-order valence-electron chi connectivity index (χ1n) is 20.1. The molecule has 0 aromatic heterocycles. The Morgan fingerprint density at radius 3 is 1.39 bits per heavy atom. The van der Waals surface area contributed by atoms with Gasteiger partial charge in [-0.1, -0.05) is 155 Å². The monoisotopic (exact) mass is 703 g/mol. The van der Waals surface area contributed by atoms with Gasteiger partial charge in [0.25, 0.3) is 0 Å². The summed E-state index contributed by atoms with van der Waals surface area (Å²) < 4.78 is 22.1. The highest BCUT2D eigenvalue weighted by molar-refractivity contribution is 5.70. The van der Waals surface area contributed by atoms with Crippen molar-refractivity contribution in [3.05, 3.63) is 0 Å². The summed E-state index contributed by atoms with van der Waals surface area (Å²) >= 11 is 0. The van der Waals surface area contributed by atoms with Gasteiger partial charge >= 0.3 is 11.9 Å². The van der Waals surface area contributed by atoms with Crippen molar-refractivity contribution in [2.75, 3.05) is 19.8 Å². The van der Waals surface area contributed by atoms with Crippen LogP contribution in [0, 0.1) is 0 Å². The smallest absolute Gasteiger partial charge is 0.306 e. The van der Waals surface area contributed by atoms with Crippen LogP contribution in [0.5, 0.6) is 0 Å². The van der Waals surface area contributed by atoms with Crippen molar-refractivity contribution in [3.8, 4) is 0 Å². The molecule has 1 aliphatic rings. The van der Waals surface area contributed by atoms with E-state index in [2.05, 4.69) is 13.8 Å². The van der Waals surface area contributed by atoms with Crippen LogP contribution >= 0.6 is 0 Å². The van der Waals surface area contributed by atoms with Crippen LogP contribution in [-0.2, 0) is 28.5 Å². The maximum absolute atomic E-state index is 12.7. The molecule has 10 heteroatoms. The van der Waals surface area contributed by atoms with E-state index in [0.29, 0.717) is 6.42 Å². The molecule has 49 heavy (non-hydrogen) atoms. The topological polar surface area (TPSA) is 152 Å². The van der Waals surface area contributed by atoms with E-state index >= 15 is 0 Å². The lowest BCUT2D eigenvalue weighted by atomic mass is 9.99. The number of esters is 2. The number of ether oxygens (including phenoxy) is 4. The number of aliphatic hydroxyl groups excluding tert-OH is 4. The average molecular weight is 703 g/mol. The highest BCUT2D eigenvalue weighted by atomic mass is 16.7. The first kappa shape index (κ1) is 45.7. The quantitative estimate of drug-likeness (QED) is 0.0401. The van der Waals surface area contributed by atoms with E-state index in [1.165, 1.54) is 109 Å². The molecular formula is C39H74O10. The minimum Gasteiger partial charge on any atom is -0.462 e. The Hall–Kier alpha value is -1.30. The summed E-state index contributed by atoms with van der Waals surface area (Å²) in [6.07, 6.45) is 21.1. The number of aliphatic hydroxyl groups is 4. The fourth-order valence-electron chi connectivity index (χ4n) is 6.25. The molecule has 0 saturated carbocycles. The number of hydrogen-bond donors (Lipinski definition) is 4. The van der Waals surface area contributed by atoms with Crippen LogP contribution in [0.15, 0.2) is 0 Å². The Morgan fingerprint density at radius 2 is 0.959 bits per heavy atom. The minimum atomic E-state index is -1.59. The molecule has 10 nitrogen and oxygen atoms in total. The van der Waals surface area contributed by atoms with Crippen molar-refractivity contribution in [2.24, 2.45) is 0 Å². The normalized spacial score (nSPS) is 21.5. The van der Waals surface area contributed by atoms with Crippen LogP contribution in [0.25, 0.3) is 0 Å². The fourth-order valence-corrected chi connectivity index (χ4v) is 6.25. The van der Waals surface area contributed by atoms with Gasteiger partial charge in [0.05, 0.1) is 13.2 Å². The number of unbranched alkanes of at least 4 members (excludes halogenated alkanes) is 22. The molecule has 1 fully saturated rings. The van der Waals surface area contributed by atoms with Gasteiger partial charge in [-0.3, -0.25) is 9.59 Å². The third-order valence-electron chi connectivity index (χ3n) is 9.49. The van der Waals surface area contributed by atoms with E-state index in [1.807, 2.05) is 0 Å². The van der Waals surface area contributed by atoms with Gasteiger partial charge in [0.2, 0.25) is 0 Å². The van der Waals surface area contributed by atoms with Crippen molar-refractivity contribution in [3.63, 3.8) is 0 Å². The molecular weight excluding hydrogens is 628 g/mol. The van der Waals surface area contributed by atoms with Gasteiger partial charge in [-0.2, -0.15) is 0 Å². The highest BCUT2D eigenvalue weighted by Gasteiger charge is 2.44.